The predicted molar refractivity (Wildman–Crippen MR) is 74.5 cm³/mol. The number of rotatable bonds is 4. The first-order chi connectivity index (χ1) is 8.22. The number of nitrogens with one attached hydrogen (secondary N) is 1. The second-order valence-electron chi connectivity index (χ2n) is 4.47. The molecule has 0 aliphatic heterocycles. The fourth-order valence-electron chi connectivity index (χ4n) is 1.87. The molecule has 90 valence electrons. The Morgan fingerprint density at radius 2 is 2.00 bits per heavy atom. The average Bonchev–Trinajstić information content (AvgIpc) is 2.72. The Kier molecular flexibility index (Phi) is 3.79. The van der Waals surface area contributed by atoms with E-state index in [2.05, 4.69) is 47.7 Å². The van der Waals surface area contributed by atoms with E-state index in [-0.39, 0.29) is 0 Å². The molecule has 1 aromatic carbocycles. The van der Waals surface area contributed by atoms with E-state index in [0.717, 1.165) is 11.3 Å². The lowest BCUT2D eigenvalue weighted by atomic mass is 10.1. The first-order valence-corrected chi connectivity index (χ1v) is 6.46. The molecule has 1 N–H and O–H groups in total. The number of H-pyrrole nitrogens is 1. The molecule has 0 saturated carbocycles. The molecule has 2 rings (SSSR count). The van der Waals surface area contributed by atoms with E-state index >= 15 is 0 Å². The van der Waals surface area contributed by atoms with Crippen molar-refractivity contribution in [2.45, 2.75) is 26.8 Å². The molecule has 0 radical (unpaired) electrons. The van der Waals surface area contributed by atoms with Crippen LogP contribution < -0.4 is 0 Å². The zero-order valence-corrected chi connectivity index (χ0v) is 11.1. The van der Waals surface area contributed by atoms with Gasteiger partial charge >= 0.3 is 0 Å². The zero-order valence-electron chi connectivity index (χ0n) is 10.3. The highest BCUT2D eigenvalue weighted by molar-refractivity contribution is 7.71. The summed E-state index contributed by atoms with van der Waals surface area (Å²) in [6.07, 6.45) is 3.17. The van der Waals surface area contributed by atoms with Gasteiger partial charge in [-0.05, 0) is 23.7 Å². The number of hydrogen-bond acceptors (Lipinski definition) is 1. The van der Waals surface area contributed by atoms with E-state index in [9.17, 15) is 0 Å². The lowest BCUT2D eigenvalue weighted by Gasteiger charge is -2.12. The summed E-state index contributed by atoms with van der Waals surface area (Å²) >= 11 is 5.35. The van der Waals surface area contributed by atoms with Crippen molar-refractivity contribution in [1.82, 2.24) is 9.55 Å². The largest absolute Gasteiger partial charge is 0.337 e. The van der Waals surface area contributed by atoms with Crippen LogP contribution in [0.3, 0.4) is 0 Å². The van der Waals surface area contributed by atoms with Crippen LogP contribution in [0, 0.1) is 10.7 Å². The molecule has 0 amide bonds. The molecule has 0 saturated heterocycles. The number of aromatic amines is 1. The Hall–Kier alpha value is -1.35. The maximum Gasteiger partial charge on any atom is 0.177 e. The molecule has 1 atom stereocenters. The van der Waals surface area contributed by atoms with Gasteiger partial charge in [-0.15, -0.1) is 0 Å². The Morgan fingerprint density at radius 3 is 2.65 bits per heavy atom. The van der Waals surface area contributed by atoms with Crippen molar-refractivity contribution in [1.29, 1.82) is 0 Å². The topological polar surface area (TPSA) is 20.7 Å². The smallest absolute Gasteiger partial charge is 0.177 e. The monoisotopic (exact) mass is 246 g/mol. The van der Waals surface area contributed by atoms with Gasteiger partial charge in [0.25, 0.3) is 0 Å². The number of hydrogen-bond donors (Lipinski definition) is 1. The Labute approximate surface area is 107 Å². The minimum atomic E-state index is 0.639. The van der Waals surface area contributed by atoms with Crippen LogP contribution >= 0.6 is 12.2 Å². The number of nitrogens with zero attached hydrogens (tertiary/aromatic N) is 1. The van der Waals surface area contributed by atoms with Gasteiger partial charge in [0.15, 0.2) is 4.77 Å². The first kappa shape index (κ1) is 12.1. The standard InChI is InChI=1S/C14H18N2S/c1-3-11(2)10-16-13(9-15-14(16)17)12-7-5-4-6-8-12/h4-9,11H,3,10H2,1-2H3,(H,15,17). The quantitative estimate of drug-likeness (QED) is 0.799. The van der Waals surface area contributed by atoms with E-state index in [0.29, 0.717) is 5.92 Å². The SMILES string of the molecule is CCC(C)Cn1c(-c2ccccc2)c[nH]c1=S. The summed E-state index contributed by atoms with van der Waals surface area (Å²) in [7, 11) is 0. The maximum absolute atomic E-state index is 5.35. The van der Waals surface area contributed by atoms with Gasteiger partial charge in [0, 0.05) is 12.7 Å². The van der Waals surface area contributed by atoms with Gasteiger partial charge in [0.2, 0.25) is 0 Å². The summed E-state index contributed by atoms with van der Waals surface area (Å²) in [5.41, 5.74) is 2.39. The summed E-state index contributed by atoms with van der Waals surface area (Å²) in [4.78, 5) is 3.14. The normalized spacial score (nSPS) is 12.6. The van der Waals surface area contributed by atoms with Gasteiger partial charge in [0.1, 0.15) is 0 Å². The van der Waals surface area contributed by atoms with Gasteiger partial charge in [-0.25, -0.2) is 0 Å². The molecule has 3 heteroatoms. The molecule has 1 aromatic heterocycles. The van der Waals surface area contributed by atoms with Crippen LogP contribution in [0.25, 0.3) is 11.3 Å². The van der Waals surface area contributed by atoms with E-state index < -0.39 is 0 Å². The summed E-state index contributed by atoms with van der Waals surface area (Å²) in [6, 6.07) is 10.4. The summed E-state index contributed by atoms with van der Waals surface area (Å²) < 4.78 is 3.00. The lowest BCUT2D eigenvalue weighted by molar-refractivity contribution is 0.468. The van der Waals surface area contributed by atoms with Gasteiger partial charge in [0.05, 0.1) is 5.69 Å². The van der Waals surface area contributed by atoms with Gasteiger partial charge < -0.3 is 9.55 Å². The molecule has 0 aliphatic carbocycles. The third-order valence-electron chi connectivity index (χ3n) is 3.13. The van der Waals surface area contributed by atoms with Crippen molar-refractivity contribution >= 4 is 12.2 Å². The Balaban J connectivity index is 2.39. The molecule has 2 nitrogen and oxygen atoms in total. The molecule has 0 bridgehead atoms. The molecular formula is C14H18N2S. The third-order valence-corrected chi connectivity index (χ3v) is 3.47. The molecule has 0 aliphatic rings. The maximum atomic E-state index is 5.35. The minimum Gasteiger partial charge on any atom is -0.337 e. The van der Waals surface area contributed by atoms with E-state index in [1.54, 1.807) is 0 Å². The highest BCUT2D eigenvalue weighted by Gasteiger charge is 2.08. The third kappa shape index (κ3) is 2.67. The highest BCUT2D eigenvalue weighted by Crippen LogP contribution is 2.20. The number of imidazole rings is 1. The second kappa shape index (κ2) is 5.32. The molecule has 17 heavy (non-hydrogen) atoms. The fraction of sp³-hybridized carbons (Fsp3) is 0.357. The van der Waals surface area contributed by atoms with Crippen LogP contribution in [0.1, 0.15) is 20.3 Å². The first-order valence-electron chi connectivity index (χ1n) is 6.06. The molecule has 0 fully saturated rings. The number of benzene rings is 1. The van der Waals surface area contributed by atoms with Crippen molar-refractivity contribution in [2.24, 2.45) is 5.92 Å². The van der Waals surface area contributed by atoms with Crippen LogP contribution in [0.15, 0.2) is 36.5 Å². The zero-order chi connectivity index (χ0) is 12.3. The average molecular weight is 246 g/mol. The highest BCUT2D eigenvalue weighted by atomic mass is 32.1. The molecule has 0 spiro atoms. The fourth-order valence-corrected chi connectivity index (χ4v) is 2.10. The molecule has 1 heterocycles. The van der Waals surface area contributed by atoms with Gasteiger partial charge in [-0.1, -0.05) is 50.6 Å². The molecule has 2 aromatic rings. The van der Waals surface area contributed by atoms with Crippen LogP contribution in [0.4, 0.5) is 0 Å². The van der Waals surface area contributed by atoms with Crippen LogP contribution in [-0.4, -0.2) is 9.55 Å². The second-order valence-corrected chi connectivity index (χ2v) is 4.86. The van der Waals surface area contributed by atoms with Gasteiger partial charge in [-0.2, -0.15) is 0 Å². The van der Waals surface area contributed by atoms with Crippen LogP contribution in [-0.2, 0) is 6.54 Å². The minimum absolute atomic E-state index is 0.639. The van der Waals surface area contributed by atoms with Gasteiger partial charge in [-0.3, -0.25) is 0 Å². The van der Waals surface area contributed by atoms with Crippen molar-refractivity contribution in [2.75, 3.05) is 0 Å². The van der Waals surface area contributed by atoms with Crippen LogP contribution in [0.5, 0.6) is 0 Å². The molecular weight excluding hydrogens is 228 g/mol. The Bertz CT molecular complexity index is 525. The van der Waals surface area contributed by atoms with Crippen molar-refractivity contribution in [3.8, 4) is 11.3 Å². The van der Waals surface area contributed by atoms with E-state index in [1.807, 2.05) is 12.3 Å². The Morgan fingerprint density at radius 1 is 1.29 bits per heavy atom. The molecule has 1 unspecified atom stereocenters. The summed E-state index contributed by atoms with van der Waals surface area (Å²) in [5, 5.41) is 0. The van der Waals surface area contributed by atoms with Crippen molar-refractivity contribution in [3.63, 3.8) is 0 Å². The van der Waals surface area contributed by atoms with Crippen LogP contribution in [0.2, 0.25) is 0 Å². The van der Waals surface area contributed by atoms with Crippen molar-refractivity contribution < 1.29 is 0 Å². The predicted octanol–water partition coefficient (Wildman–Crippen LogP) is 4.26. The number of aromatic nitrogens is 2. The lowest BCUT2D eigenvalue weighted by Crippen LogP contribution is -2.08. The summed E-state index contributed by atoms with van der Waals surface area (Å²) in [5.74, 6) is 0.639. The van der Waals surface area contributed by atoms with Crippen molar-refractivity contribution in [3.05, 3.63) is 41.3 Å². The van der Waals surface area contributed by atoms with E-state index in [1.165, 1.54) is 17.7 Å². The van der Waals surface area contributed by atoms with E-state index in [4.69, 9.17) is 12.2 Å². The summed E-state index contributed by atoms with van der Waals surface area (Å²) in [6.45, 7) is 5.44.